The maximum atomic E-state index is 13.0. The lowest BCUT2D eigenvalue weighted by molar-refractivity contribution is -0.115. The van der Waals surface area contributed by atoms with E-state index >= 15 is 0 Å². The van der Waals surface area contributed by atoms with Gasteiger partial charge < -0.3 is 9.84 Å². The van der Waals surface area contributed by atoms with Crippen LogP contribution in [-0.4, -0.2) is 11.1 Å². The van der Waals surface area contributed by atoms with E-state index in [1.54, 1.807) is 18.2 Å². The predicted molar refractivity (Wildman–Crippen MR) is 106 cm³/mol. The van der Waals surface area contributed by atoms with E-state index in [1.165, 1.54) is 12.1 Å². The van der Waals surface area contributed by atoms with Crippen LogP contribution in [-0.2, 0) is 11.2 Å². The summed E-state index contributed by atoms with van der Waals surface area (Å²) in [6.45, 7) is 0. The third kappa shape index (κ3) is 3.99. The zero-order valence-corrected chi connectivity index (χ0v) is 14.9. The minimum absolute atomic E-state index is 0.0772. The van der Waals surface area contributed by atoms with Gasteiger partial charge in [0.25, 0.3) is 0 Å². The first kappa shape index (κ1) is 17.7. The first-order chi connectivity index (χ1) is 13.7. The summed E-state index contributed by atoms with van der Waals surface area (Å²) in [6, 6.07) is 25.1. The number of carbonyl (C=O) groups is 1. The molecule has 0 aliphatic carbocycles. The zero-order chi connectivity index (χ0) is 19.3. The molecule has 0 aliphatic rings. The number of amides is 1. The van der Waals surface area contributed by atoms with Crippen molar-refractivity contribution in [2.24, 2.45) is 0 Å². The van der Waals surface area contributed by atoms with Crippen molar-refractivity contribution in [1.82, 2.24) is 5.16 Å². The molecule has 0 saturated carbocycles. The molecule has 0 unspecified atom stereocenters. The van der Waals surface area contributed by atoms with Crippen LogP contribution in [0.1, 0.15) is 5.69 Å². The van der Waals surface area contributed by atoms with E-state index in [9.17, 15) is 9.18 Å². The summed E-state index contributed by atoms with van der Waals surface area (Å²) in [5, 5.41) is 6.89. The van der Waals surface area contributed by atoms with Gasteiger partial charge in [-0.15, -0.1) is 0 Å². The largest absolute Gasteiger partial charge is 0.356 e. The van der Waals surface area contributed by atoms with Crippen LogP contribution in [0.5, 0.6) is 0 Å². The maximum absolute atomic E-state index is 13.0. The normalized spacial score (nSPS) is 10.6. The smallest absolute Gasteiger partial charge is 0.230 e. The molecule has 0 fully saturated rings. The van der Waals surface area contributed by atoms with Crippen LogP contribution in [0, 0.1) is 5.82 Å². The molecule has 5 heteroatoms. The molecule has 0 atom stereocenters. The fourth-order valence-corrected chi connectivity index (χ4v) is 2.97. The summed E-state index contributed by atoms with van der Waals surface area (Å²) in [5.74, 6) is -0.0187. The first-order valence-corrected chi connectivity index (χ1v) is 8.85. The molecule has 1 amide bonds. The number of para-hydroxylation sites is 1. The average molecular weight is 372 g/mol. The van der Waals surface area contributed by atoms with Crippen molar-refractivity contribution in [3.05, 3.63) is 96.4 Å². The van der Waals surface area contributed by atoms with Crippen LogP contribution in [0.25, 0.3) is 22.5 Å². The van der Waals surface area contributed by atoms with Crippen LogP contribution >= 0.6 is 0 Å². The average Bonchev–Trinajstić information content (AvgIpc) is 3.18. The van der Waals surface area contributed by atoms with Gasteiger partial charge in [-0.1, -0.05) is 53.7 Å². The van der Waals surface area contributed by atoms with Crippen molar-refractivity contribution < 1.29 is 13.7 Å². The van der Waals surface area contributed by atoms with E-state index in [1.807, 2.05) is 54.6 Å². The van der Waals surface area contributed by atoms with Gasteiger partial charge in [0.2, 0.25) is 5.91 Å². The fourth-order valence-electron chi connectivity index (χ4n) is 2.97. The number of nitrogens with one attached hydrogen (secondary N) is 1. The molecular weight excluding hydrogens is 355 g/mol. The van der Waals surface area contributed by atoms with Crippen molar-refractivity contribution in [3.8, 4) is 22.5 Å². The van der Waals surface area contributed by atoms with Crippen molar-refractivity contribution in [1.29, 1.82) is 0 Å². The number of hydrogen-bond donors (Lipinski definition) is 1. The number of halogens is 1. The first-order valence-electron chi connectivity index (χ1n) is 8.85. The Morgan fingerprint density at radius 1 is 0.893 bits per heavy atom. The van der Waals surface area contributed by atoms with Crippen LogP contribution < -0.4 is 5.32 Å². The Balaban J connectivity index is 1.48. The SMILES string of the molecule is O=C(Cc1cc(-c2ccc(F)cc2)on1)Nc1ccccc1-c1ccccc1. The van der Waals surface area contributed by atoms with E-state index in [0.717, 1.165) is 16.8 Å². The number of nitrogens with zero attached hydrogens (tertiary/aromatic N) is 1. The molecule has 0 bridgehead atoms. The van der Waals surface area contributed by atoms with Crippen LogP contribution in [0.3, 0.4) is 0 Å². The van der Waals surface area contributed by atoms with Gasteiger partial charge >= 0.3 is 0 Å². The summed E-state index contributed by atoms with van der Waals surface area (Å²) in [6.07, 6.45) is 0.0772. The van der Waals surface area contributed by atoms with Crippen molar-refractivity contribution in [2.45, 2.75) is 6.42 Å². The molecule has 1 N–H and O–H groups in total. The summed E-state index contributed by atoms with van der Waals surface area (Å²) < 4.78 is 18.3. The highest BCUT2D eigenvalue weighted by Gasteiger charge is 2.13. The number of benzene rings is 3. The fraction of sp³-hybridized carbons (Fsp3) is 0.0435. The molecular formula is C23H17FN2O2. The lowest BCUT2D eigenvalue weighted by atomic mass is 10.0. The predicted octanol–water partition coefficient (Wildman–Crippen LogP) is 5.33. The standard InChI is InChI=1S/C23H17FN2O2/c24-18-12-10-17(11-13-18)22-14-19(26-28-22)15-23(27)25-21-9-5-4-8-20(21)16-6-2-1-3-7-16/h1-14H,15H2,(H,25,27). The minimum Gasteiger partial charge on any atom is -0.356 e. The van der Waals surface area contributed by atoms with E-state index in [-0.39, 0.29) is 18.1 Å². The van der Waals surface area contributed by atoms with Crippen molar-refractivity contribution >= 4 is 11.6 Å². The third-order valence-electron chi connectivity index (χ3n) is 4.32. The summed E-state index contributed by atoms with van der Waals surface area (Å²) in [5.41, 5.74) is 3.92. The summed E-state index contributed by atoms with van der Waals surface area (Å²) >= 11 is 0. The molecule has 1 heterocycles. The zero-order valence-electron chi connectivity index (χ0n) is 14.9. The Kier molecular flexibility index (Phi) is 4.97. The van der Waals surface area contributed by atoms with E-state index in [0.29, 0.717) is 17.0 Å². The number of rotatable bonds is 5. The van der Waals surface area contributed by atoms with Crippen LogP contribution in [0.4, 0.5) is 10.1 Å². The van der Waals surface area contributed by atoms with Crippen molar-refractivity contribution in [3.63, 3.8) is 0 Å². The van der Waals surface area contributed by atoms with Crippen LogP contribution in [0.2, 0.25) is 0 Å². The second-order valence-electron chi connectivity index (χ2n) is 6.33. The highest BCUT2D eigenvalue weighted by Crippen LogP contribution is 2.28. The maximum Gasteiger partial charge on any atom is 0.230 e. The number of hydrogen-bond acceptors (Lipinski definition) is 3. The van der Waals surface area contributed by atoms with Gasteiger partial charge in [-0.25, -0.2) is 4.39 Å². The Morgan fingerprint density at radius 2 is 1.61 bits per heavy atom. The van der Waals surface area contributed by atoms with Gasteiger partial charge in [0.15, 0.2) is 5.76 Å². The topological polar surface area (TPSA) is 55.1 Å². The molecule has 0 saturated heterocycles. The van der Waals surface area contributed by atoms with Gasteiger partial charge in [0.05, 0.1) is 12.1 Å². The van der Waals surface area contributed by atoms with Gasteiger partial charge in [0.1, 0.15) is 5.82 Å². The Morgan fingerprint density at radius 3 is 2.39 bits per heavy atom. The molecule has 4 aromatic rings. The Hall–Kier alpha value is -3.73. The second-order valence-corrected chi connectivity index (χ2v) is 6.33. The summed E-state index contributed by atoms with van der Waals surface area (Å²) in [4.78, 5) is 12.5. The molecule has 0 radical (unpaired) electrons. The molecule has 3 aromatic carbocycles. The number of anilines is 1. The van der Waals surface area contributed by atoms with Crippen molar-refractivity contribution in [2.75, 3.05) is 5.32 Å². The van der Waals surface area contributed by atoms with Gasteiger partial charge in [-0.05, 0) is 35.9 Å². The number of carbonyl (C=O) groups excluding carboxylic acids is 1. The van der Waals surface area contributed by atoms with Gasteiger partial charge in [-0.3, -0.25) is 4.79 Å². The molecule has 4 nitrogen and oxygen atoms in total. The Labute approximate surface area is 161 Å². The monoisotopic (exact) mass is 372 g/mol. The second kappa shape index (κ2) is 7.88. The van der Waals surface area contributed by atoms with Gasteiger partial charge in [-0.2, -0.15) is 0 Å². The lowest BCUT2D eigenvalue weighted by Gasteiger charge is -2.10. The third-order valence-corrected chi connectivity index (χ3v) is 4.32. The lowest BCUT2D eigenvalue weighted by Crippen LogP contribution is -2.15. The number of aromatic nitrogens is 1. The van der Waals surface area contributed by atoms with Crippen LogP contribution in [0.15, 0.2) is 89.5 Å². The molecule has 0 spiro atoms. The highest BCUT2D eigenvalue weighted by atomic mass is 19.1. The molecule has 138 valence electrons. The van der Waals surface area contributed by atoms with E-state index in [2.05, 4.69) is 10.5 Å². The van der Waals surface area contributed by atoms with E-state index < -0.39 is 0 Å². The summed E-state index contributed by atoms with van der Waals surface area (Å²) in [7, 11) is 0. The van der Waals surface area contributed by atoms with E-state index in [4.69, 9.17) is 4.52 Å². The molecule has 4 rings (SSSR count). The highest BCUT2D eigenvalue weighted by molar-refractivity contribution is 5.96. The van der Waals surface area contributed by atoms with Gasteiger partial charge in [0, 0.05) is 22.9 Å². The molecule has 0 aliphatic heterocycles. The molecule has 1 aromatic heterocycles. The Bertz CT molecular complexity index is 1090. The quantitative estimate of drug-likeness (QED) is 0.515. The molecule has 28 heavy (non-hydrogen) atoms. The minimum atomic E-state index is -0.319.